The van der Waals surface area contributed by atoms with E-state index in [1.165, 1.54) is 11.3 Å². The van der Waals surface area contributed by atoms with Crippen molar-refractivity contribution in [2.24, 2.45) is 0 Å². The smallest absolute Gasteiger partial charge is 0.354 e. The van der Waals surface area contributed by atoms with Gasteiger partial charge in [0.2, 0.25) is 5.88 Å². The number of aromatic carboxylic acids is 1. The van der Waals surface area contributed by atoms with Crippen LogP contribution in [0, 0.1) is 0 Å². The molecule has 0 aromatic carbocycles. The molecule has 0 aliphatic rings. The molecule has 3 rings (SSSR count). The maximum Gasteiger partial charge on any atom is 0.354 e. The molecule has 0 saturated heterocycles. The van der Waals surface area contributed by atoms with Gasteiger partial charge in [-0.1, -0.05) is 16.8 Å². The van der Waals surface area contributed by atoms with Crippen molar-refractivity contribution in [1.29, 1.82) is 0 Å². The highest BCUT2D eigenvalue weighted by Crippen LogP contribution is 2.31. The third-order valence-corrected chi connectivity index (χ3v) is 4.57. The molecule has 0 aliphatic heterocycles. The van der Waals surface area contributed by atoms with Gasteiger partial charge in [-0.3, -0.25) is 0 Å². The third-order valence-electron chi connectivity index (χ3n) is 3.33. The molecule has 3 heterocycles. The zero-order chi connectivity index (χ0) is 19.6. The van der Waals surface area contributed by atoms with Crippen LogP contribution in [0.5, 0.6) is 5.88 Å². The first-order chi connectivity index (χ1) is 12.8. The molecule has 3 aromatic heterocycles. The Morgan fingerprint density at radius 1 is 1.41 bits per heavy atom. The van der Waals surface area contributed by atoms with Crippen molar-refractivity contribution >= 4 is 28.9 Å². The Labute approximate surface area is 159 Å². The minimum Gasteiger partial charge on any atom is -0.477 e. The number of carbonyl (C=O) groups is 1. The van der Waals surface area contributed by atoms with E-state index in [2.05, 4.69) is 10.3 Å². The van der Waals surface area contributed by atoms with Crippen molar-refractivity contribution in [3.8, 4) is 16.5 Å². The van der Waals surface area contributed by atoms with Crippen LogP contribution in [0.3, 0.4) is 0 Å². The number of halogens is 3. The molecule has 3 aromatic rings. The molecular formula is C15H12ClF2N3O5S. The number of aromatic nitrogens is 3. The number of aliphatic hydroxyl groups excluding tert-OH is 1. The maximum absolute atomic E-state index is 13.1. The lowest BCUT2D eigenvalue weighted by atomic mass is 10.3. The lowest BCUT2D eigenvalue weighted by Crippen LogP contribution is -2.29. The SMILES string of the molecule is O=C(O)c1cc(OCC(F)(F)CO)nn1Cc1cc(-c2ccc(Cl)s2)on1. The Hall–Kier alpha value is -2.50. The van der Waals surface area contributed by atoms with Gasteiger partial charge in [0.05, 0.1) is 15.8 Å². The molecule has 0 fully saturated rings. The van der Waals surface area contributed by atoms with E-state index in [9.17, 15) is 18.7 Å². The number of ether oxygens (including phenoxy) is 1. The Morgan fingerprint density at radius 3 is 2.81 bits per heavy atom. The molecule has 0 atom stereocenters. The van der Waals surface area contributed by atoms with E-state index in [1.807, 2.05) is 0 Å². The highest BCUT2D eigenvalue weighted by atomic mass is 35.5. The summed E-state index contributed by atoms with van der Waals surface area (Å²) >= 11 is 7.16. The third kappa shape index (κ3) is 4.62. The fourth-order valence-electron chi connectivity index (χ4n) is 2.08. The summed E-state index contributed by atoms with van der Waals surface area (Å²) in [6.45, 7) is -2.61. The molecule has 0 aliphatic carbocycles. The van der Waals surface area contributed by atoms with Gasteiger partial charge in [0.25, 0.3) is 0 Å². The summed E-state index contributed by atoms with van der Waals surface area (Å²) < 4.78 is 37.7. The van der Waals surface area contributed by atoms with Gasteiger partial charge in [0.15, 0.2) is 18.1 Å². The van der Waals surface area contributed by atoms with Gasteiger partial charge in [-0.25, -0.2) is 18.3 Å². The summed E-state index contributed by atoms with van der Waals surface area (Å²) in [4.78, 5) is 12.1. The van der Waals surface area contributed by atoms with Crippen molar-refractivity contribution in [2.75, 3.05) is 13.2 Å². The Morgan fingerprint density at radius 2 is 2.19 bits per heavy atom. The number of hydrogen-bond donors (Lipinski definition) is 2. The van der Waals surface area contributed by atoms with Crippen molar-refractivity contribution < 1.29 is 33.0 Å². The summed E-state index contributed by atoms with van der Waals surface area (Å²) in [6, 6.07) is 6.05. The minimum absolute atomic E-state index is 0.0794. The van der Waals surface area contributed by atoms with Crippen LogP contribution >= 0.6 is 22.9 Å². The fourth-order valence-corrected chi connectivity index (χ4v) is 3.08. The number of alkyl halides is 2. The highest BCUT2D eigenvalue weighted by Gasteiger charge is 2.29. The van der Waals surface area contributed by atoms with Gasteiger partial charge in [-0.2, -0.15) is 0 Å². The van der Waals surface area contributed by atoms with Crippen LogP contribution in [0.25, 0.3) is 10.6 Å². The molecular weight excluding hydrogens is 408 g/mol. The van der Waals surface area contributed by atoms with Gasteiger partial charge in [0, 0.05) is 12.1 Å². The molecule has 0 radical (unpaired) electrons. The quantitative estimate of drug-likeness (QED) is 0.577. The van der Waals surface area contributed by atoms with Crippen LogP contribution in [-0.4, -0.2) is 50.3 Å². The lowest BCUT2D eigenvalue weighted by molar-refractivity contribution is -0.0810. The number of hydrogen-bond acceptors (Lipinski definition) is 7. The molecule has 12 heteroatoms. The van der Waals surface area contributed by atoms with E-state index in [0.717, 1.165) is 15.6 Å². The average Bonchev–Trinajstić information content (AvgIpc) is 3.33. The standard InChI is InChI=1S/C15H12ClF2N3O5S/c16-12-2-1-11(27-12)10-3-8(20-26-10)5-21-9(14(23)24)4-13(19-21)25-7-15(17,18)6-22/h1-4,22H,5-7H2,(H,23,24). The topological polar surface area (TPSA) is 111 Å². The van der Waals surface area contributed by atoms with E-state index < -0.39 is 25.1 Å². The highest BCUT2D eigenvalue weighted by molar-refractivity contribution is 7.19. The second-order valence-corrected chi connectivity index (χ2v) is 7.13. The molecule has 0 amide bonds. The number of carboxylic acid groups (broad SMARTS) is 1. The predicted molar refractivity (Wildman–Crippen MR) is 90.6 cm³/mol. The Kier molecular flexibility index (Phi) is 5.44. The van der Waals surface area contributed by atoms with E-state index >= 15 is 0 Å². The first kappa shape index (κ1) is 19.3. The van der Waals surface area contributed by atoms with E-state index in [0.29, 0.717) is 15.8 Å². The summed E-state index contributed by atoms with van der Waals surface area (Å²) in [5, 5.41) is 25.5. The monoisotopic (exact) mass is 419 g/mol. The number of aliphatic hydroxyl groups is 1. The number of rotatable bonds is 8. The Balaban J connectivity index is 1.78. The minimum atomic E-state index is -3.46. The average molecular weight is 420 g/mol. The molecule has 27 heavy (non-hydrogen) atoms. The van der Waals surface area contributed by atoms with Gasteiger partial charge in [-0.05, 0) is 12.1 Å². The molecule has 8 nitrogen and oxygen atoms in total. The summed E-state index contributed by atoms with van der Waals surface area (Å²) in [6.07, 6.45) is 0. The maximum atomic E-state index is 13.1. The van der Waals surface area contributed by atoms with Crippen molar-refractivity contribution in [2.45, 2.75) is 12.5 Å². The summed E-state index contributed by atoms with van der Waals surface area (Å²) in [5.74, 6) is -4.64. The van der Waals surface area contributed by atoms with Crippen molar-refractivity contribution in [3.63, 3.8) is 0 Å². The first-order valence-electron chi connectivity index (χ1n) is 7.41. The molecule has 0 saturated carbocycles. The van der Waals surface area contributed by atoms with Gasteiger partial charge in [0.1, 0.15) is 12.3 Å². The first-order valence-corrected chi connectivity index (χ1v) is 8.61. The van der Waals surface area contributed by atoms with E-state index in [4.69, 9.17) is 26.0 Å². The van der Waals surface area contributed by atoms with Crippen molar-refractivity contribution in [3.05, 3.63) is 40.0 Å². The zero-order valence-electron chi connectivity index (χ0n) is 13.4. The van der Waals surface area contributed by atoms with Crippen LogP contribution in [0.2, 0.25) is 4.34 Å². The number of thiophene rings is 1. The summed E-state index contributed by atoms with van der Waals surface area (Å²) in [7, 11) is 0. The van der Waals surface area contributed by atoms with Gasteiger partial charge >= 0.3 is 11.9 Å². The summed E-state index contributed by atoms with van der Waals surface area (Å²) in [5.41, 5.74) is 0.0911. The van der Waals surface area contributed by atoms with Crippen LogP contribution in [0.1, 0.15) is 16.2 Å². The van der Waals surface area contributed by atoms with Crippen LogP contribution in [0.15, 0.2) is 28.8 Å². The van der Waals surface area contributed by atoms with Crippen LogP contribution in [-0.2, 0) is 6.54 Å². The molecule has 0 unspecified atom stereocenters. The zero-order valence-corrected chi connectivity index (χ0v) is 15.0. The Bertz CT molecular complexity index is 955. The second kappa shape index (κ2) is 7.62. The molecule has 0 bridgehead atoms. The van der Waals surface area contributed by atoms with Gasteiger partial charge in [-0.15, -0.1) is 16.4 Å². The lowest BCUT2D eigenvalue weighted by Gasteiger charge is -2.12. The largest absolute Gasteiger partial charge is 0.477 e. The molecule has 144 valence electrons. The fraction of sp³-hybridized carbons (Fsp3) is 0.267. The molecule has 0 spiro atoms. The van der Waals surface area contributed by atoms with Crippen LogP contribution in [0.4, 0.5) is 8.78 Å². The number of carboxylic acids is 1. The second-order valence-electron chi connectivity index (χ2n) is 5.42. The van der Waals surface area contributed by atoms with Gasteiger partial charge < -0.3 is 19.5 Å². The van der Waals surface area contributed by atoms with Crippen LogP contribution < -0.4 is 4.74 Å². The molecule has 2 N–H and O–H groups in total. The predicted octanol–water partition coefficient (Wildman–Crippen LogP) is 3.01. The van der Waals surface area contributed by atoms with Crippen molar-refractivity contribution in [1.82, 2.24) is 14.9 Å². The normalized spacial score (nSPS) is 11.7. The van der Waals surface area contributed by atoms with E-state index in [-0.39, 0.29) is 18.1 Å². The number of nitrogens with zero attached hydrogens (tertiary/aromatic N) is 3. The van der Waals surface area contributed by atoms with E-state index in [1.54, 1.807) is 18.2 Å².